The van der Waals surface area contributed by atoms with E-state index in [9.17, 15) is 23.3 Å². The Hall–Kier alpha value is -3.20. The third kappa shape index (κ3) is 4.93. The summed E-state index contributed by atoms with van der Waals surface area (Å²) in [6.07, 6.45) is -2.58. The van der Waals surface area contributed by atoms with E-state index in [0.29, 0.717) is 11.3 Å². The predicted molar refractivity (Wildman–Crippen MR) is 109 cm³/mol. The monoisotopic (exact) mass is 430 g/mol. The molecule has 0 unspecified atom stereocenters. The number of nitrogens with one attached hydrogen (secondary N) is 1. The fourth-order valence-electron chi connectivity index (χ4n) is 3.93. The number of piperidine rings is 1. The van der Waals surface area contributed by atoms with Crippen molar-refractivity contribution < 1.29 is 18.1 Å². The van der Waals surface area contributed by atoms with Gasteiger partial charge in [0.15, 0.2) is 0 Å². The molecule has 2 aromatic carbocycles. The molecule has 31 heavy (non-hydrogen) atoms. The molecule has 0 spiro atoms. The number of nitrogens with zero attached hydrogens (tertiary/aromatic N) is 3. The predicted octanol–water partition coefficient (Wildman–Crippen LogP) is 5.38. The fraction of sp³-hybridized carbons (Fsp3) is 0.318. The molecule has 4 rings (SSSR count). The van der Waals surface area contributed by atoms with Crippen LogP contribution in [0.3, 0.4) is 0 Å². The number of hydrogen-bond donors (Lipinski definition) is 1. The normalized spacial score (nSPS) is 15.8. The van der Waals surface area contributed by atoms with Crippen LogP contribution in [0.5, 0.6) is 0 Å². The molecule has 162 valence electrons. The largest absolute Gasteiger partial charge is 0.416 e. The summed E-state index contributed by atoms with van der Waals surface area (Å²) in [4.78, 5) is 12.6. The first kappa shape index (κ1) is 21.0. The minimum Gasteiger partial charge on any atom is -0.299 e. The Balaban J connectivity index is 1.37. The molecular weight excluding hydrogens is 409 g/mol. The van der Waals surface area contributed by atoms with E-state index in [2.05, 4.69) is 15.1 Å². The third-order valence-electron chi connectivity index (χ3n) is 5.66. The number of rotatable bonds is 5. The first-order chi connectivity index (χ1) is 14.8. The second-order valence-corrected chi connectivity index (χ2v) is 7.76. The lowest BCUT2D eigenvalue weighted by molar-refractivity contribution is -0.384. The average molecular weight is 430 g/mol. The zero-order chi connectivity index (χ0) is 22.0. The first-order valence-electron chi connectivity index (χ1n) is 9.98. The van der Waals surface area contributed by atoms with Crippen LogP contribution in [0, 0.1) is 10.1 Å². The molecule has 1 N–H and O–H groups in total. The Labute approximate surface area is 176 Å². The molecule has 1 fully saturated rings. The van der Waals surface area contributed by atoms with Crippen molar-refractivity contribution in [3.8, 4) is 11.3 Å². The van der Waals surface area contributed by atoms with Crippen LogP contribution in [-0.2, 0) is 12.7 Å². The van der Waals surface area contributed by atoms with Gasteiger partial charge < -0.3 is 0 Å². The molecule has 1 aliphatic rings. The Morgan fingerprint density at radius 1 is 1.10 bits per heavy atom. The van der Waals surface area contributed by atoms with Crippen LogP contribution >= 0.6 is 0 Å². The Bertz CT molecular complexity index is 1060. The number of nitro benzene ring substituents is 1. The summed E-state index contributed by atoms with van der Waals surface area (Å²) in [5, 5.41) is 18.0. The highest BCUT2D eigenvalue weighted by atomic mass is 19.4. The van der Waals surface area contributed by atoms with Crippen molar-refractivity contribution in [1.82, 2.24) is 15.1 Å². The number of halogens is 3. The number of nitro groups is 1. The number of hydrogen-bond acceptors (Lipinski definition) is 4. The van der Waals surface area contributed by atoms with Crippen LogP contribution in [0.2, 0.25) is 0 Å². The maximum atomic E-state index is 13.0. The molecular formula is C22H21F3N4O2. The van der Waals surface area contributed by atoms with E-state index in [1.807, 2.05) is 6.07 Å². The minimum absolute atomic E-state index is 0.0817. The van der Waals surface area contributed by atoms with Crippen molar-refractivity contribution >= 4 is 5.69 Å². The van der Waals surface area contributed by atoms with Crippen molar-refractivity contribution in [3.63, 3.8) is 0 Å². The molecule has 2 heterocycles. The van der Waals surface area contributed by atoms with Gasteiger partial charge in [-0.05, 0) is 49.7 Å². The molecule has 9 heteroatoms. The molecule has 0 bridgehead atoms. The maximum absolute atomic E-state index is 13.0. The molecule has 1 aromatic heterocycles. The van der Waals surface area contributed by atoms with Gasteiger partial charge in [-0.25, -0.2) is 0 Å². The Morgan fingerprint density at radius 3 is 2.45 bits per heavy atom. The van der Waals surface area contributed by atoms with Gasteiger partial charge in [-0.2, -0.15) is 18.3 Å². The topological polar surface area (TPSA) is 75.1 Å². The van der Waals surface area contributed by atoms with Gasteiger partial charge in [-0.3, -0.25) is 20.1 Å². The lowest BCUT2D eigenvalue weighted by Gasteiger charge is -2.31. The maximum Gasteiger partial charge on any atom is 0.416 e. The van der Waals surface area contributed by atoms with Crippen LogP contribution in [0.4, 0.5) is 18.9 Å². The van der Waals surface area contributed by atoms with Crippen molar-refractivity contribution in [2.45, 2.75) is 31.5 Å². The van der Waals surface area contributed by atoms with Crippen molar-refractivity contribution in [2.24, 2.45) is 0 Å². The van der Waals surface area contributed by atoms with E-state index in [0.717, 1.165) is 55.9 Å². The first-order valence-corrected chi connectivity index (χ1v) is 9.98. The lowest BCUT2D eigenvalue weighted by atomic mass is 9.93. The molecule has 1 aliphatic heterocycles. The molecule has 6 nitrogen and oxygen atoms in total. The van der Waals surface area contributed by atoms with Gasteiger partial charge in [-0.15, -0.1) is 0 Å². The highest BCUT2D eigenvalue weighted by Crippen LogP contribution is 2.33. The second kappa shape index (κ2) is 8.50. The summed E-state index contributed by atoms with van der Waals surface area (Å²) in [6.45, 7) is 2.45. The number of aromatic amines is 1. The highest BCUT2D eigenvalue weighted by Gasteiger charge is 2.30. The molecule has 0 amide bonds. The van der Waals surface area contributed by atoms with Gasteiger partial charge in [0.1, 0.15) is 0 Å². The van der Waals surface area contributed by atoms with Crippen LogP contribution in [0.15, 0.2) is 54.6 Å². The lowest BCUT2D eigenvalue weighted by Crippen LogP contribution is -2.32. The van der Waals surface area contributed by atoms with E-state index >= 15 is 0 Å². The summed E-state index contributed by atoms with van der Waals surface area (Å²) in [5.74, 6) is 0.264. The van der Waals surface area contributed by atoms with E-state index < -0.39 is 16.7 Å². The Kier molecular flexibility index (Phi) is 5.77. The van der Waals surface area contributed by atoms with Crippen LogP contribution < -0.4 is 0 Å². The number of H-pyrrole nitrogens is 1. The quantitative estimate of drug-likeness (QED) is 0.435. The Morgan fingerprint density at radius 2 is 1.81 bits per heavy atom. The van der Waals surface area contributed by atoms with E-state index in [-0.39, 0.29) is 11.6 Å². The number of alkyl halides is 3. The van der Waals surface area contributed by atoms with Crippen LogP contribution in [0.1, 0.15) is 35.6 Å². The van der Waals surface area contributed by atoms with Gasteiger partial charge in [0.05, 0.1) is 16.2 Å². The standard InChI is InChI=1S/C22H21F3N4O2/c23-22(24,25)18-3-1-2-17(12-18)21-13-20(26-27-21)16-8-10-28(11-9-16)14-15-4-6-19(7-5-15)29(30)31/h1-7,12-13,16H,8-11,14H2,(H,26,27). The van der Waals surface area contributed by atoms with Crippen molar-refractivity contribution in [2.75, 3.05) is 13.1 Å². The second-order valence-electron chi connectivity index (χ2n) is 7.76. The highest BCUT2D eigenvalue weighted by molar-refractivity contribution is 5.60. The van der Waals surface area contributed by atoms with Crippen LogP contribution in [0.25, 0.3) is 11.3 Å². The van der Waals surface area contributed by atoms with E-state index in [1.165, 1.54) is 18.2 Å². The molecule has 3 aromatic rings. The van der Waals surface area contributed by atoms with Gasteiger partial charge in [0, 0.05) is 35.9 Å². The fourth-order valence-corrected chi connectivity index (χ4v) is 3.93. The summed E-state index contributed by atoms with van der Waals surface area (Å²) in [6, 6.07) is 13.6. The number of non-ortho nitro benzene ring substituents is 1. The molecule has 0 atom stereocenters. The number of likely N-dealkylation sites (tertiary alicyclic amines) is 1. The van der Waals surface area contributed by atoms with E-state index in [4.69, 9.17) is 0 Å². The van der Waals surface area contributed by atoms with Gasteiger partial charge in [-0.1, -0.05) is 24.3 Å². The summed E-state index contributed by atoms with van der Waals surface area (Å²) in [7, 11) is 0. The number of benzene rings is 2. The van der Waals surface area contributed by atoms with Crippen molar-refractivity contribution in [3.05, 3.63) is 81.5 Å². The zero-order valence-corrected chi connectivity index (χ0v) is 16.6. The zero-order valence-electron chi connectivity index (χ0n) is 16.6. The van der Waals surface area contributed by atoms with E-state index in [1.54, 1.807) is 18.2 Å². The van der Waals surface area contributed by atoms with Gasteiger partial charge >= 0.3 is 6.18 Å². The minimum atomic E-state index is -4.38. The number of aromatic nitrogens is 2. The summed E-state index contributed by atoms with van der Waals surface area (Å²) < 4.78 is 38.9. The molecule has 0 aliphatic carbocycles. The SMILES string of the molecule is O=[N+]([O-])c1ccc(CN2CCC(c3cc(-c4cccc(C(F)(F)F)c4)n[nH]3)CC2)cc1. The molecule has 0 radical (unpaired) electrons. The molecule has 1 saturated heterocycles. The summed E-state index contributed by atoms with van der Waals surface area (Å²) >= 11 is 0. The third-order valence-corrected chi connectivity index (χ3v) is 5.66. The van der Waals surface area contributed by atoms with Gasteiger partial charge in [0.2, 0.25) is 0 Å². The molecule has 0 saturated carbocycles. The van der Waals surface area contributed by atoms with Gasteiger partial charge in [0.25, 0.3) is 5.69 Å². The smallest absolute Gasteiger partial charge is 0.299 e. The van der Waals surface area contributed by atoms with Crippen LogP contribution in [-0.4, -0.2) is 33.1 Å². The summed E-state index contributed by atoms with van der Waals surface area (Å²) in [5.41, 5.74) is 2.30. The van der Waals surface area contributed by atoms with Crippen molar-refractivity contribution in [1.29, 1.82) is 0 Å². The average Bonchev–Trinajstić information content (AvgIpc) is 3.24.